The summed E-state index contributed by atoms with van der Waals surface area (Å²) in [6.45, 7) is 4.02. The minimum Gasteiger partial charge on any atom is -0.469 e. The predicted octanol–water partition coefficient (Wildman–Crippen LogP) is 1.74. The summed E-state index contributed by atoms with van der Waals surface area (Å²) >= 11 is 0. The third kappa shape index (κ3) is 2.82. The first-order valence-electron chi connectivity index (χ1n) is 6.39. The molecule has 4 nitrogen and oxygen atoms in total. The monoisotopic (exact) mass is 248 g/mol. The SMILES string of the molecule is CCC(C(=O)OC)c1ccc(NC2CNC2)cc1. The van der Waals surface area contributed by atoms with Crippen molar-refractivity contribution >= 4 is 11.7 Å². The van der Waals surface area contributed by atoms with Gasteiger partial charge in [-0.25, -0.2) is 0 Å². The summed E-state index contributed by atoms with van der Waals surface area (Å²) in [5.74, 6) is -0.323. The first-order chi connectivity index (χ1) is 8.74. The zero-order valence-corrected chi connectivity index (χ0v) is 10.9. The Labute approximate surface area is 108 Å². The first-order valence-corrected chi connectivity index (χ1v) is 6.39. The Morgan fingerprint density at radius 1 is 1.44 bits per heavy atom. The Balaban J connectivity index is 2.02. The number of hydrogen-bond acceptors (Lipinski definition) is 4. The molecule has 1 fully saturated rings. The van der Waals surface area contributed by atoms with Crippen molar-refractivity contribution in [2.24, 2.45) is 0 Å². The van der Waals surface area contributed by atoms with E-state index in [1.54, 1.807) is 0 Å². The average Bonchev–Trinajstić information content (AvgIpc) is 2.36. The summed E-state index contributed by atoms with van der Waals surface area (Å²) in [4.78, 5) is 11.6. The lowest BCUT2D eigenvalue weighted by Gasteiger charge is -2.29. The van der Waals surface area contributed by atoms with Gasteiger partial charge in [-0.05, 0) is 24.1 Å². The second kappa shape index (κ2) is 5.87. The van der Waals surface area contributed by atoms with E-state index in [1.165, 1.54) is 7.11 Å². The predicted molar refractivity (Wildman–Crippen MR) is 71.8 cm³/mol. The van der Waals surface area contributed by atoms with Gasteiger partial charge in [-0.1, -0.05) is 19.1 Å². The summed E-state index contributed by atoms with van der Waals surface area (Å²) in [6, 6.07) is 8.58. The molecule has 4 heteroatoms. The summed E-state index contributed by atoms with van der Waals surface area (Å²) in [5, 5.41) is 6.65. The van der Waals surface area contributed by atoms with Crippen LogP contribution in [0.4, 0.5) is 5.69 Å². The molecule has 18 heavy (non-hydrogen) atoms. The van der Waals surface area contributed by atoms with Crippen LogP contribution in [-0.4, -0.2) is 32.2 Å². The third-order valence-corrected chi connectivity index (χ3v) is 3.36. The van der Waals surface area contributed by atoms with Crippen molar-refractivity contribution in [1.82, 2.24) is 5.32 Å². The number of benzene rings is 1. The fraction of sp³-hybridized carbons (Fsp3) is 0.500. The molecule has 1 heterocycles. The van der Waals surface area contributed by atoms with Gasteiger partial charge in [-0.2, -0.15) is 0 Å². The molecule has 0 radical (unpaired) electrons. The summed E-state index contributed by atoms with van der Waals surface area (Å²) in [6.07, 6.45) is 0.756. The number of anilines is 1. The van der Waals surface area contributed by atoms with Gasteiger partial charge in [0, 0.05) is 18.8 Å². The molecule has 1 aliphatic heterocycles. The maximum absolute atomic E-state index is 11.6. The zero-order valence-electron chi connectivity index (χ0n) is 10.9. The molecule has 1 aromatic carbocycles. The van der Waals surface area contributed by atoms with Crippen LogP contribution in [0.1, 0.15) is 24.8 Å². The van der Waals surface area contributed by atoms with Crippen LogP contribution < -0.4 is 10.6 Å². The smallest absolute Gasteiger partial charge is 0.313 e. The van der Waals surface area contributed by atoms with Crippen molar-refractivity contribution in [2.45, 2.75) is 25.3 Å². The van der Waals surface area contributed by atoms with Crippen LogP contribution in [0.25, 0.3) is 0 Å². The van der Waals surface area contributed by atoms with Crippen LogP contribution >= 0.6 is 0 Å². The Hall–Kier alpha value is -1.55. The highest BCUT2D eigenvalue weighted by molar-refractivity contribution is 5.78. The van der Waals surface area contributed by atoms with E-state index in [1.807, 2.05) is 31.2 Å². The molecule has 0 saturated carbocycles. The lowest BCUT2D eigenvalue weighted by atomic mass is 9.96. The second-order valence-electron chi connectivity index (χ2n) is 4.61. The average molecular weight is 248 g/mol. The molecule has 0 aliphatic carbocycles. The van der Waals surface area contributed by atoms with Crippen LogP contribution in [0.2, 0.25) is 0 Å². The lowest BCUT2D eigenvalue weighted by Crippen LogP contribution is -2.51. The Bertz CT molecular complexity index is 399. The molecule has 2 rings (SSSR count). The van der Waals surface area contributed by atoms with Crippen LogP contribution in [-0.2, 0) is 9.53 Å². The van der Waals surface area contributed by atoms with E-state index in [4.69, 9.17) is 4.74 Å². The number of ether oxygens (including phenoxy) is 1. The van der Waals surface area contributed by atoms with Gasteiger partial charge >= 0.3 is 5.97 Å². The topological polar surface area (TPSA) is 50.4 Å². The summed E-state index contributed by atoms with van der Waals surface area (Å²) < 4.78 is 4.82. The van der Waals surface area contributed by atoms with Crippen molar-refractivity contribution < 1.29 is 9.53 Å². The fourth-order valence-corrected chi connectivity index (χ4v) is 2.12. The van der Waals surface area contributed by atoms with Crippen molar-refractivity contribution in [3.05, 3.63) is 29.8 Å². The quantitative estimate of drug-likeness (QED) is 0.779. The lowest BCUT2D eigenvalue weighted by molar-refractivity contribution is -0.142. The van der Waals surface area contributed by atoms with Crippen molar-refractivity contribution in [2.75, 3.05) is 25.5 Å². The number of carbonyl (C=O) groups is 1. The minimum atomic E-state index is -0.165. The molecule has 0 aromatic heterocycles. The number of esters is 1. The Morgan fingerprint density at radius 3 is 2.56 bits per heavy atom. The number of rotatable bonds is 5. The van der Waals surface area contributed by atoms with Crippen molar-refractivity contribution in [1.29, 1.82) is 0 Å². The van der Waals surface area contributed by atoms with Crippen LogP contribution in [0.15, 0.2) is 24.3 Å². The molecule has 0 spiro atoms. The molecule has 2 N–H and O–H groups in total. The van der Waals surface area contributed by atoms with Gasteiger partial charge in [0.1, 0.15) is 0 Å². The van der Waals surface area contributed by atoms with Gasteiger partial charge in [-0.3, -0.25) is 4.79 Å². The summed E-state index contributed by atoms with van der Waals surface area (Å²) in [7, 11) is 1.44. The van der Waals surface area contributed by atoms with E-state index in [0.717, 1.165) is 30.8 Å². The standard InChI is InChI=1S/C14H20N2O2/c1-3-13(14(17)18-2)10-4-6-11(7-5-10)16-12-8-15-9-12/h4-7,12-13,15-16H,3,8-9H2,1-2H3. The molecule has 0 bridgehead atoms. The molecule has 0 amide bonds. The molecular weight excluding hydrogens is 228 g/mol. The van der Waals surface area contributed by atoms with Crippen LogP contribution in [0.5, 0.6) is 0 Å². The van der Waals surface area contributed by atoms with Crippen LogP contribution in [0.3, 0.4) is 0 Å². The van der Waals surface area contributed by atoms with E-state index < -0.39 is 0 Å². The molecule has 1 aromatic rings. The highest BCUT2D eigenvalue weighted by Gasteiger charge is 2.19. The molecule has 1 atom stereocenters. The van der Waals surface area contributed by atoms with Gasteiger partial charge in [0.25, 0.3) is 0 Å². The maximum atomic E-state index is 11.6. The normalized spacial score (nSPS) is 16.8. The second-order valence-corrected chi connectivity index (χ2v) is 4.61. The number of methoxy groups -OCH3 is 1. The number of hydrogen-bond donors (Lipinski definition) is 2. The number of carbonyl (C=O) groups excluding carboxylic acids is 1. The van der Waals surface area contributed by atoms with Crippen LogP contribution in [0, 0.1) is 0 Å². The molecule has 98 valence electrons. The van der Waals surface area contributed by atoms with Gasteiger partial charge in [0.15, 0.2) is 0 Å². The van der Waals surface area contributed by atoms with Gasteiger partial charge < -0.3 is 15.4 Å². The van der Waals surface area contributed by atoms with Gasteiger partial charge in [0.2, 0.25) is 0 Å². The van der Waals surface area contributed by atoms with E-state index in [9.17, 15) is 4.79 Å². The minimum absolute atomic E-state index is 0.158. The number of nitrogens with one attached hydrogen (secondary N) is 2. The van der Waals surface area contributed by atoms with Crippen molar-refractivity contribution in [3.63, 3.8) is 0 Å². The fourth-order valence-electron chi connectivity index (χ4n) is 2.12. The Kier molecular flexibility index (Phi) is 4.20. The van der Waals surface area contributed by atoms with E-state index >= 15 is 0 Å². The third-order valence-electron chi connectivity index (χ3n) is 3.36. The Morgan fingerprint density at radius 2 is 2.11 bits per heavy atom. The summed E-state index contributed by atoms with van der Waals surface area (Å²) in [5.41, 5.74) is 2.12. The largest absolute Gasteiger partial charge is 0.469 e. The van der Waals surface area contributed by atoms with Crippen molar-refractivity contribution in [3.8, 4) is 0 Å². The highest BCUT2D eigenvalue weighted by Crippen LogP contribution is 2.23. The maximum Gasteiger partial charge on any atom is 0.313 e. The van der Waals surface area contributed by atoms with E-state index in [2.05, 4.69) is 10.6 Å². The molecule has 1 aliphatic rings. The molecule has 1 unspecified atom stereocenters. The van der Waals surface area contributed by atoms with Gasteiger partial charge in [-0.15, -0.1) is 0 Å². The zero-order chi connectivity index (χ0) is 13.0. The highest BCUT2D eigenvalue weighted by atomic mass is 16.5. The molecular formula is C14H20N2O2. The van der Waals surface area contributed by atoms with E-state index in [-0.39, 0.29) is 11.9 Å². The van der Waals surface area contributed by atoms with E-state index in [0.29, 0.717) is 6.04 Å². The van der Waals surface area contributed by atoms with Gasteiger partial charge in [0.05, 0.1) is 19.1 Å². The first kappa shape index (κ1) is 12.9. The molecule has 1 saturated heterocycles.